The predicted octanol–water partition coefficient (Wildman–Crippen LogP) is 2.62. The first-order chi connectivity index (χ1) is 11.6. The van der Waals surface area contributed by atoms with Gasteiger partial charge in [-0.25, -0.2) is 0 Å². The third-order valence-electron chi connectivity index (χ3n) is 3.97. The van der Waals surface area contributed by atoms with Gasteiger partial charge in [0, 0.05) is 18.7 Å². The first-order valence-corrected chi connectivity index (χ1v) is 7.60. The number of ether oxygens (including phenoxy) is 1. The van der Waals surface area contributed by atoms with E-state index in [1.165, 1.54) is 0 Å². The summed E-state index contributed by atoms with van der Waals surface area (Å²) in [4.78, 5) is 30.8. The van der Waals surface area contributed by atoms with E-state index >= 15 is 0 Å². The molecule has 1 aliphatic rings. The fraction of sp³-hybridized carbons (Fsp3) is 0.263. The summed E-state index contributed by atoms with van der Waals surface area (Å²) < 4.78 is 5.16. The number of nitrogens with zero attached hydrogens (tertiary/aromatic N) is 1. The van der Waals surface area contributed by atoms with Crippen LogP contribution >= 0.6 is 0 Å². The van der Waals surface area contributed by atoms with Crippen LogP contribution in [0.15, 0.2) is 42.5 Å². The number of benzene rings is 2. The molecular formula is C19H19NO4. The molecule has 3 rings (SSSR count). The van der Waals surface area contributed by atoms with Crippen molar-refractivity contribution in [2.45, 2.75) is 19.9 Å². The van der Waals surface area contributed by atoms with Crippen molar-refractivity contribution >= 4 is 12.1 Å². The molecule has 5 nitrogen and oxygen atoms in total. The highest BCUT2D eigenvalue weighted by Crippen LogP contribution is 2.22. The second-order valence-corrected chi connectivity index (χ2v) is 5.57. The van der Waals surface area contributed by atoms with E-state index in [0.717, 1.165) is 41.0 Å². The number of carbonyl (C=O) groups is 1. The molecule has 0 fully saturated rings. The van der Waals surface area contributed by atoms with Gasteiger partial charge in [-0.15, -0.1) is 0 Å². The first-order valence-electron chi connectivity index (χ1n) is 7.60. The van der Waals surface area contributed by atoms with E-state index in [1.807, 2.05) is 42.2 Å². The maximum atomic E-state index is 12.6. The van der Waals surface area contributed by atoms with Crippen LogP contribution in [-0.4, -0.2) is 30.6 Å². The minimum atomic E-state index is 0.135. The number of hydrogen-bond acceptors (Lipinski definition) is 4. The lowest BCUT2D eigenvalue weighted by Gasteiger charge is -2.29. The van der Waals surface area contributed by atoms with Crippen LogP contribution in [0.2, 0.25) is 0 Å². The molecule has 0 saturated carbocycles. The van der Waals surface area contributed by atoms with Crippen LogP contribution in [-0.2, 0) is 22.6 Å². The summed E-state index contributed by atoms with van der Waals surface area (Å²) >= 11 is 0. The van der Waals surface area contributed by atoms with Crippen molar-refractivity contribution in [2.24, 2.45) is 0 Å². The lowest BCUT2D eigenvalue weighted by molar-refractivity contribution is -0.191. The maximum absolute atomic E-state index is 12.6. The zero-order chi connectivity index (χ0) is 17.5. The molecule has 0 saturated heterocycles. The molecule has 24 heavy (non-hydrogen) atoms. The summed E-state index contributed by atoms with van der Waals surface area (Å²) in [5, 5.41) is 0. The molecule has 0 radical (unpaired) electrons. The van der Waals surface area contributed by atoms with Crippen LogP contribution in [0.25, 0.3) is 0 Å². The first kappa shape index (κ1) is 17.4. The van der Waals surface area contributed by atoms with Crippen LogP contribution in [0.5, 0.6) is 5.75 Å². The van der Waals surface area contributed by atoms with Crippen molar-refractivity contribution in [3.63, 3.8) is 0 Å². The highest BCUT2D eigenvalue weighted by molar-refractivity contribution is 5.96. The Labute approximate surface area is 140 Å². The Morgan fingerprint density at radius 3 is 2.42 bits per heavy atom. The smallest absolute Gasteiger partial charge is 0.373 e. The molecule has 0 unspecified atom stereocenters. The zero-order valence-electron chi connectivity index (χ0n) is 13.7. The Hall–Kier alpha value is -2.91. The van der Waals surface area contributed by atoms with Gasteiger partial charge in [0.15, 0.2) is 0 Å². The molecule has 0 aliphatic carbocycles. The SMILES string of the molecule is COc1ccc(CN2CCc3ccc(C)cc3C2=O)cc1.O=C=O. The Kier molecular flexibility index (Phi) is 5.88. The fourth-order valence-electron chi connectivity index (χ4n) is 2.74. The van der Waals surface area contributed by atoms with Crippen molar-refractivity contribution in [1.29, 1.82) is 0 Å². The summed E-state index contributed by atoms with van der Waals surface area (Å²) in [7, 11) is 1.66. The number of carbonyl (C=O) groups excluding carboxylic acids is 3. The lowest BCUT2D eigenvalue weighted by Crippen LogP contribution is -2.37. The lowest BCUT2D eigenvalue weighted by atomic mass is 9.96. The largest absolute Gasteiger partial charge is 0.497 e. The average Bonchev–Trinajstić information content (AvgIpc) is 2.59. The molecule has 0 bridgehead atoms. The molecule has 124 valence electrons. The van der Waals surface area contributed by atoms with Crippen molar-refractivity contribution in [2.75, 3.05) is 13.7 Å². The molecule has 0 aromatic heterocycles. The fourth-order valence-corrected chi connectivity index (χ4v) is 2.74. The molecule has 1 amide bonds. The zero-order valence-corrected chi connectivity index (χ0v) is 13.7. The van der Waals surface area contributed by atoms with Crippen molar-refractivity contribution in [3.05, 3.63) is 64.7 Å². The maximum Gasteiger partial charge on any atom is 0.373 e. The molecular weight excluding hydrogens is 306 g/mol. The quantitative estimate of drug-likeness (QED) is 0.870. The molecule has 2 aromatic rings. The number of methoxy groups -OCH3 is 1. The van der Waals surface area contributed by atoms with Gasteiger partial charge in [0.2, 0.25) is 0 Å². The van der Waals surface area contributed by atoms with Gasteiger partial charge in [-0.2, -0.15) is 9.59 Å². The standard InChI is InChI=1S/C18H19NO2.CO2/c1-13-3-6-15-9-10-19(18(20)17(15)11-13)12-14-4-7-16(21-2)8-5-14;2-1-3/h3-8,11H,9-10,12H2,1-2H3;. The van der Waals surface area contributed by atoms with Crippen LogP contribution in [0.4, 0.5) is 0 Å². The predicted molar refractivity (Wildman–Crippen MR) is 87.6 cm³/mol. The number of aryl methyl sites for hydroxylation is 1. The summed E-state index contributed by atoms with van der Waals surface area (Å²) in [6.45, 7) is 3.45. The number of rotatable bonds is 3. The second kappa shape index (κ2) is 8.09. The van der Waals surface area contributed by atoms with E-state index < -0.39 is 0 Å². The molecule has 5 heteroatoms. The molecule has 0 spiro atoms. The van der Waals surface area contributed by atoms with E-state index in [0.29, 0.717) is 6.54 Å². The van der Waals surface area contributed by atoms with E-state index in [2.05, 4.69) is 12.1 Å². The topological polar surface area (TPSA) is 63.7 Å². The summed E-state index contributed by atoms with van der Waals surface area (Å²) in [6.07, 6.45) is 1.18. The van der Waals surface area contributed by atoms with Gasteiger partial charge in [0.25, 0.3) is 5.91 Å². The van der Waals surface area contributed by atoms with Crippen LogP contribution < -0.4 is 4.74 Å². The Morgan fingerprint density at radius 2 is 1.79 bits per heavy atom. The van der Waals surface area contributed by atoms with Crippen LogP contribution in [0, 0.1) is 6.92 Å². The Balaban J connectivity index is 0.000000647. The summed E-state index contributed by atoms with van der Waals surface area (Å²) in [5.41, 5.74) is 4.28. The van der Waals surface area contributed by atoms with Gasteiger partial charge in [-0.1, -0.05) is 29.8 Å². The normalized spacial score (nSPS) is 12.6. The Bertz CT molecular complexity index is 746. The second-order valence-electron chi connectivity index (χ2n) is 5.57. The van der Waals surface area contributed by atoms with Gasteiger partial charge in [-0.05, 0) is 42.7 Å². The van der Waals surface area contributed by atoms with Crippen LogP contribution in [0.1, 0.15) is 27.0 Å². The van der Waals surface area contributed by atoms with Crippen molar-refractivity contribution in [1.82, 2.24) is 4.90 Å². The number of amides is 1. The summed E-state index contributed by atoms with van der Waals surface area (Å²) in [6, 6.07) is 14.0. The highest BCUT2D eigenvalue weighted by Gasteiger charge is 2.24. The minimum Gasteiger partial charge on any atom is -0.497 e. The van der Waals surface area contributed by atoms with E-state index in [-0.39, 0.29) is 12.1 Å². The van der Waals surface area contributed by atoms with Crippen LogP contribution in [0.3, 0.4) is 0 Å². The van der Waals surface area contributed by atoms with E-state index in [4.69, 9.17) is 14.3 Å². The van der Waals surface area contributed by atoms with Gasteiger partial charge in [0.05, 0.1) is 7.11 Å². The molecule has 0 N–H and O–H groups in total. The van der Waals surface area contributed by atoms with Gasteiger partial charge < -0.3 is 9.64 Å². The van der Waals surface area contributed by atoms with Gasteiger partial charge in [0.1, 0.15) is 5.75 Å². The molecule has 2 aromatic carbocycles. The van der Waals surface area contributed by atoms with E-state index in [1.54, 1.807) is 7.11 Å². The highest BCUT2D eigenvalue weighted by atomic mass is 16.5. The monoisotopic (exact) mass is 325 g/mol. The minimum absolute atomic E-state index is 0.135. The summed E-state index contributed by atoms with van der Waals surface area (Å²) in [5.74, 6) is 0.973. The van der Waals surface area contributed by atoms with Gasteiger partial charge >= 0.3 is 6.15 Å². The average molecular weight is 325 g/mol. The van der Waals surface area contributed by atoms with Crippen molar-refractivity contribution in [3.8, 4) is 5.75 Å². The van der Waals surface area contributed by atoms with Crippen molar-refractivity contribution < 1.29 is 19.1 Å². The molecule has 1 heterocycles. The molecule has 1 aliphatic heterocycles. The van der Waals surface area contributed by atoms with E-state index in [9.17, 15) is 4.79 Å². The third-order valence-corrected chi connectivity index (χ3v) is 3.97. The number of hydrogen-bond donors (Lipinski definition) is 0. The Morgan fingerprint density at radius 1 is 1.12 bits per heavy atom. The molecule has 0 atom stereocenters. The van der Waals surface area contributed by atoms with Gasteiger partial charge in [-0.3, -0.25) is 4.79 Å². The number of fused-ring (bicyclic) bond motifs is 1. The third kappa shape index (κ3) is 4.09.